The molecule has 48 heavy (non-hydrogen) atoms. The lowest BCUT2D eigenvalue weighted by Gasteiger charge is -2.52. The summed E-state index contributed by atoms with van der Waals surface area (Å²) in [6.45, 7) is 1.33. The number of carbonyl (C=O) groups is 2. The molecule has 0 bridgehead atoms. The summed E-state index contributed by atoms with van der Waals surface area (Å²) in [6, 6.07) is 40.1. The number of allylic oxidation sites excluding steroid dienone is 3. The van der Waals surface area contributed by atoms with E-state index in [9.17, 15) is 9.59 Å². The lowest BCUT2D eigenvalue weighted by Crippen LogP contribution is -2.62. The Bertz CT molecular complexity index is 1720. The van der Waals surface area contributed by atoms with E-state index in [4.69, 9.17) is 18.9 Å². The van der Waals surface area contributed by atoms with Crippen LogP contribution in [0.5, 0.6) is 0 Å². The van der Waals surface area contributed by atoms with Gasteiger partial charge in [-0.15, -0.1) is 0 Å². The van der Waals surface area contributed by atoms with Crippen molar-refractivity contribution in [3.63, 3.8) is 0 Å². The molecule has 6 heteroatoms. The van der Waals surface area contributed by atoms with Gasteiger partial charge in [-0.1, -0.05) is 127 Å². The van der Waals surface area contributed by atoms with E-state index in [0.29, 0.717) is 32.8 Å². The zero-order valence-corrected chi connectivity index (χ0v) is 26.8. The molecule has 0 spiro atoms. The number of carbonyl (C=O) groups excluding carboxylic acids is 2. The van der Waals surface area contributed by atoms with Gasteiger partial charge in [0.1, 0.15) is 18.3 Å². The number of benzene rings is 4. The molecule has 1 fully saturated rings. The molecule has 0 radical (unpaired) electrons. The highest BCUT2D eigenvalue weighted by Crippen LogP contribution is 2.49. The second kappa shape index (κ2) is 15.2. The maximum absolute atomic E-state index is 13.8. The Hall–Kier alpha value is -4.46. The fraction of sp³-hybridized carbons (Fsp3) is 0.286. The largest absolute Gasteiger partial charge is 0.370 e. The summed E-state index contributed by atoms with van der Waals surface area (Å²) in [5, 5.41) is 0. The molecule has 0 N–H and O–H groups in total. The van der Waals surface area contributed by atoms with Crippen LogP contribution < -0.4 is 0 Å². The van der Waals surface area contributed by atoms with Crippen LogP contribution in [0.15, 0.2) is 145 Å². The van der Waals surface area contributed by atoms with Gasteiger partial charge in [0.05, 0.1) is 32.5 Å². The van der Waals surface area contributed by atoms with E-state index in [-0.39, 0.29) is 11.6 Å². The summed E-state index contributed by atoms with van der Waals surface area (Å²) < 4.78 is 27.4. The van der Waals surface area contributed by atoms with E-state index >= 15 is 0 Å². The van der Waals surface area contributed by atoms with Gasteiger partial charge in [0.25, 0.3) is 0 Å². The van der Waals surface area contributed by atoms with Crippen LogP contribution >= 0.6 is 0 Å². The molecule has 0 saturated heterocycles. The van der Waals surface area contributed by atoms with E-state index in [1.54, 1.807) is 0 Å². The van der Waals surface area contributed by atoms with Gasteiger partial charge < -0.3 is 18.9 Å². The summed E-state index contributed by atoms with van der Waals surface area (Å²) >= 11 is 0. The first-order chi connectivity index (χ1) is 23.7. The van der Waals surface area contributed by atoms with Crippen molar-refractivity contribution >= 4 is 11.6 Å². The summed E-state index contributed by atoms with van der Waals surface area (Å²) in [5.74, 6) is -1.56. The smallest absolute Gasteiger partial charge is 0.160 e. The second-order valence-electron chi connectivity index (χ2n) is 12.7. The molecule has 7 atom stereocenters. The van der Waals surface area contributed by atoms with Crippen LogP contribution in [0, 0.1) is 17.8 Å². The summed E-state index contributed by atoms with van der Waals surface area (Å²) in [7, 11) is 0. The molecule has 1 saturated carbocycles. The molecule has 3 aliphatic carbocycles. The standard InChI is InChI=1S/C42H40O6/c43-35-23-24-36(44)37-33(35)21-22-34-38(37)40(46-26-30-15-7-2-8-16-30)42(48-28-32-19-11-4-12-20-32)41(47-27-31-17-9-3-10-18-31)39(34)45-25-29-13-5-1-6-14-29/h1-20,22-24,33,37-42H,21,25-28H2/t33-,37-,38+,39+,40-,41-,42-/m1/s1. The van der Waals surface area contributed by atoms with E-state index in [1.165, 1.54) is 12.2 Å². The van der Waals surface area contributed by atoms with Crippen molar-refractivity contribution in [2.24, 2.45) is 17.8 Å². The van der Waals surface area contributed by atoms with Crippen LogP contribution in [0.4, 0.5) is 0 Å². The highest BCUT2D eigenvalue weighted by molar-refractivity contribution is 6.07. The second-order valence-corrected chi connectivity index (χ2v) is 12.7. The normalized spacial score (nSPS) is 26.4. The van der Waals surface area contributed by atoms with Gasteiger partial charge >= 0.3 is 0 Å². The van der Waals surface area contributed by atoms with E-state index in [2.05, 4.69) is 6.08 Å². The van der Waals surface area contributed by atoms with Gasteiger partial charge in [-0.3, -0.25) is 9.59 Å². The fourth-order valence-electron chi connectivity index (χ4n) is 7.35. The molecule has 0 aromatic heterocycles. The van der Waals surface area contributed by atoms with Gasteiger partial charge in [-0.2, -0.15) is 0 Å². The minimum Gasteiger partial charge on any atom is -0.370 e. The molecule has 4 aromatic rings. The monoisotopic (exact) mass is 640 g/mol. The van der Waals surface area contributed by atoms with E-state index in [0.717, 1.165) is 27.8 Å². The lowest BCUT2D eigenvalue weighted by molar-refractivity contribution is -0.218. The van der Waals surface area contributed by atoms with E-state index < -0.39 is 42.2 Å². The predicted molar refractivity (Wildman–Crippen MR) is 182 cm³/mol. The van der Waals surface area contributed by atoms with Gasteiger partial charge in [0.15, 0.2) is 11.6 Å². The van der Waals surface area contributed by atoms with Gasteiger partial charge in [-0.05, 0) is 46.4 Å². The molecule has 4 aromatic carbocycles. The number of hydrogen-bond acceptors (Lipinski definition) is 6. The first-order valence-electron chi connectivity index (χ1n) is 16.7. The molecule has 0 unspecified atom stereocenters. The van der Waals surface area contributed by atoms with Crippen molar-refractivity contribution in [2.45, 2.75) is 57.3 Å². The summed E-state index contributed by atoms with van der Waals surface area (Å²) in [5.41, 5.74) is 5.02. The minimum atomic E-state index is -0.617. The van der Waals surface area contributed by atoms with Crippen LogP contribution in [0.3, 0.4) is 0 Å². The van der Waals surface area contributed by atoms with Crippen molar-refractivity contribution in [2.75, 3.05) is 0 Å². The number of hydrogen-bond donors (Lipinski definition) is 0. The topological polar surface area (TPSA) is 71.1 Å². The van der Waals surface area contributed by atoms with Crippen LogP contribution in [-0.4, -0.2) is 36.0 Å². The van der Waals surface area contributed by atoms with Crippen LogP contribution in [0.1, 0.15) is 28.7 Å². The summed E-state index contributed by atoms with van der Waals surface area (Å²) in [4.78, 5) is 27.0. The maximum atomic E-state index is 13.8. The quantitative estimate of drug-likeness (QED) is 0.152. The highest BCUT2D eigenvalue weighted by Gasteiger charge is 2.57. The van der Waals surface area contributed by atoms with Crippen LogP contribution in [-0.2, 0) is 55.0 Å². The predicted octanol–water partition coefficient (Wildman–Crippen LogP) is 7.23. The van der Waals surface area contributed by atoms with Crippen molar-refractivity contribution in [1.29, 1.82) is 0 Å². The third-order valence-electron chi connectivity index (χ3n) is 9.68. The maximum Gasteiger partial charge on any atom is 0.160 e. The Morgan fingerprint density at radius 3 is 1.38 bits per heavy atom. The van der Waals surface area contributed by atoms with Gasteiger partial charge in [-0.25, -0.2) is 0 Å². The molecular weight excluding hydrogens is 600 g/mol. The molecule has 0 amide bonds. The molecular formula is C42H40O6. The first kappa shape index (κ1) is 32.1. The molecule has 3 aliphatic rings. The van der Waals surface area contributed by atoms with E-state index in [1.807, 2.05) is 121 Å². The first-order valence-corrected chi connectivity index (χ1v) is 16.7. The lowest BCUT2D eigenvalue weighted by atomic mass is 9.59. The van der Waals surface area contributed by atoms with Crippen molar-refractivity contribution in [3.05, 3.63) is 167 Å². The summed E-state index contributed by atoms with van der Waals surface area (Å²) in [6.07, 6.45) is 3.14. The Kier molecular flexibility index (Phi) is 10.2. The van der Waals surface area contributed by atoms with Crippen molar-refractivity contribution in [1.82, 2.24) is 0 Å². The number of fused-ring (bicyclic) bond motifs is 3. The molecule has 0 heterocycles. The van der Waals surface area contributed by atoms with Gasteiger partial charge in [0.2, 0.25) is 0 Å². The number of ketones is 2. The highest BCUT2D eigenvalue weighted by atomic mass is 16.6. The zero-order chi connectivity index (χ0) is 32.7. The zero-order valence-electron chi connectivity index (χ0n) is 26.8. The van der Waals surface area contributed by atoms with Crippen LogP contribution in [0.2, 0.25) is 0 Å². The number of ether oxygens (including phenoxy) is 4. The van der Waals surface area contributed by atoms with Gasteiger partial charge in [0, 0.05) is 17.8 Å². The van der Waals surface area contributed by atoms with Crippen molar-refractivity contribution in [3.8, 4) is 0 Å². The Labute approximate surface area is 282 Å². The average Bonchev–Trinajstić information content (AvgIpc) is 3.14. The number of rotatable bonds is 12. The molecule has 0 aliphatic heterocycles. The minimum absolute atomic E-state index is 0.0253. The Balaban J connectivity index is 1.31. The third-order valence-corrected chi connectivity index (χ3v) is 9.68. The third kappa shape index (κ3) is 7.18. The molecule has 244 valence electrons. The van der Waals surface area contributed by atoms with Crippen molar-refractivity contribution < 1.29 is 28.5 Å². The fourth-order valence-corrected chi connectivity index (χ4v) is 7.35. The SMILES string of the molecule is O=C1C=CC(=O)[C@H]2CC=C3[C@H]([C@@H](OCc4ccccc4)[C@@H](OCc4ccccc4)[C@H](OCc4ccccc4)[C@H]3OCc3ccccc3)[C@@H]12. The Morgan fingerprint density at radius 1 is 0.458 bits per heavy atom. The molecule has 7 rings (SSSR count). The Morgan fingerprint density at radius 2 is 0.875 bits per heavy atom. The molecule has 6 nitrogen and oxygen atoms in total. The average molecular weight is 641 g/mol. The van der Waals surface area contributed by atoms with Crippen LogP contribution in [0.25, 0.3) is 0 Å².